The maximum Gasteiger partial charge on any atom is 0.286 e. The third kappa shape index (κ3) is 2.02. The number of hydrogen-bond acceptors (Lipinski definition) is 4. The molecule has 0 radical (unpaired) electrons. The van der Waals surface area contributed by atoms with Crippen LogP contribution in [0.25, 0.3) is 0 Å². The van der Waals surface area contributed by atoms with Crippen LogP contribution in [0, 0.1) is 5.92 Å². The van der Waals surface area contributed by atoms with E-state index < -0.39 is 10.0 Å². The zero-order chi connectivity index (χ0) is 12.6. The number of para-hydroxylation sites is 1. The Labute approximate surface area is 106 Å². The number of benzene rings is 1. The molecular weight excluding hydrogens is 250 g/mol. The van der Waals surface area contributed by atoms with Gasteiger partial charge in [-0.05, 0) is 38.1 Å². The molecule has 0 saturated carbocycles. The van der Waals surface area contributed by atoms with E-state index in [0.717, 1.165) is 25.9 Å². The fourth-order valence-corrected chi connectivity index (χ4v) is 3.61. The van der Waals surface area contributed by atoms with E-state index >= 15 is 0 Å². The first kappa shape index (κ1) is 11.7. The van der Waals surface area contributed by atoms with Gasteiger partial charge < -0.3 is 10.6 Å². The molecule has 0 spiro atoms. The van der Waals surface area contributed by atoms with Gasteiger partial charge in [-0.3, -0.25) is 0 Å². The second kappa shape index (κ2) is 4.37. The summed E-state index contributed by atoms with van der Waals surface area (Å²) in [6.45, 7) is 1.82. The van der Waals surface area contributed by atoms with Crippen molar-refractivity contribution >= 4 is 21.5 Å². The summed E-state index contributed by atoms with van der Waals surface area (Å²) in [5.41, 5.74) is 0.640. The summed E-state index contributed by atoms with van der Waals surface area (Å²) >= 11 is 0. The van der Waals surface area contributed by atoms with Crippen molar-refractivity contribution in [2.75, 3.05) is 18.4 Å². The van der Waals surface area contributed by atoms with E-state index in [1.807, 2.05) is 6.07 Å². The topological polar surface area (TPSA) is 70.6 Å². The van der Waals surface area contributed by atoms with Gasteiger partial charge in [-0.25, -0.2) is 0 Å². The lowest BCUT2D eigenvalue weighted by Crippen LogP contribution is -2.36. The lowest BCUT2D eigenvalue weighted by Gasteiger charge is -2.27. The zero-order valence-electron chi connectivity index (χ0n) is 9.89. The molecule has 0 atom stereocenters. The largest absolute Gasteiger partial charge is 0.342 e. The SMILES string of the molecule is O=S1(=O)N=C(C2CCNCC2)Nc2ccccc21. The minimum Gasteiger partial charge on any atom is -0.342 e. The van der Waals surface area contributed by atoms with Crippen LogP contribution in [0.5, 0.6) is 0 Å². The number of nitrogens with zero attached hydrogens (tertiary/aromatic N) is 1. The Morgan fingerprint density at radius 1 is 1.17 bits per heavy atom. The van der Waals surface area contributed by atoms with Crippen molar-refractivity contribution < 1.29 is 8.42 Å². The first-order valence-corrected chi connectivity index (χ1v) is 7.52. The Morgan fingerprint density at radius 2 is 1.89 bits per heavy atom. The maximum atomic E-state index is 12.1. The van der Waals surface area contributed by atoms with Crippen molar-refractivity contribution in [1.82, 2.24) is 5.32 Å². The van der Waals surface area contributed by atoms with Crippen molar-refractivity contribution in [3.05, 3.63) is 24.3 Å². The molecule has 2 aliphatic heterocycles. The number of sulfonamides is 1. The van der Waals surface area contributed by atoms with Crippen molar-refractivity contribution in [2.45, 2.75) is 17.7 Å². The Balaban J connectivity index is 1.98. The summed E-state index contributed by atoms with van der Waals surface area (Å²) in [6, 6.07) is 6.90. The van der Waals surface area contributed by atoms with Gasteiger partial charge in [-0.1, -0.05) is 12.1 Å². The Morgan fingerprint density at radius 3 is 2.67 bits per heavy atom. The molecule has 3 rings (SSSR count). The van der Waals surface area contributed by atoms with Gasteiger partial charge in [0, 0.05) is 5.92 Å². The van der Waals surface area contributed by atoms with Crippen molar-refractivity contribution in [3.63, 3.8) is 0 Å². The van der Waals surface area contributed by atoms with Gasteiger partial charge in [0.25, 0.3) is 10.0 Å². The van der Waals surface area contributed by atoms with Crippen LogP contribution in [0.4, 0.5) is 5.69 Å². The Kier molecular flexibility index (Phi) is 2.83. The number of hydrogen-bond donors (Lipinski definition) is 2. The van der Waals surface area contributed by atoms with Crippen molar-refractivity contribution in [2.24, 2.45) is 10.3 Å². The molecule has 96 valence electrons. The van der Waals surface area contributed by atoms with Crippen molar-refractivity contribution in [3.8, 4) is 0 Å². The van der Waals surface area contributed by atoms with Crippen LogP contribution < -0.4 is 10.6 Å². The van der Waals surface area contributed by atoms with Gasteiger partial charge in [0.1, 0.15) is 10.7 Å². The molecular formula is C12H15N3O2S. The summed E-state index contributed by atoms with van der Waals surface area (Å²) in [5.74, 6) is 0.796. The molecule has 1 aromatic carbocycles. The lowest BCUT2D eigenvalue weighted by atomic mass is 9.96. The smallest absolute Gasteiger partial charge is 0.286 e. The van der Waals surface area contributed by atoms with E-state index in [2.05, 4.69) is 15.0 Å². The highest BCUT2D eigenvalue weighted by molar-refractivity contribution is 7.90. The van der Waals surface area contributed by atoms with Crippen LogP contribution in [-0.4, -0.2) is 27.3 Å². The fourth-order valence-electron chi connectivity index (χ4n) is 2.41. The van der Waals surface area contributed by atoms with E-state index in [1.54, 1.807) is 18.2 Å². The second-order valence-corrected chi connectivity index (χ2v) is 6.17. The van der Waals surface area contributed by atoms with Gasteiger partial charge in [-0.2, -0.15) is 8.42 Å². The van der Waals surface area contributed by atoms with Crippen LogP contribution in [0.15, 0.2) is 33.6 Å². The third-order valence-electron chi connectivity index (χ3n) is 3.37. The minimum atomic E-state index is -3.54. The molecule has 5 nitrogen and oxygen atoms in total. The molecule has 0 unspecified atom stereocenters. The number of amidine groups is 1. The number of anilines is 1. The number of nitrogens with one attached hydrogen (secondary N) is 2. The number of rotatable bonds is 1. The molecule has 2 N–H and O–H groups in total. The summed E-state index contributed by atoms with van der Waals surface area (Å²) in [5, 5.41) is 6.43. The molecule has 1 saturated heterocycles. The van der Waals surface area contributed by atoms with E-state index in [0.29, 0.717) is 11.5 Å². The summed E-state index contributed by atoms with van der Waals surface area (Å²) in [4.78, 5) is 0.266. The minimum absolute atomic E-state index is 0.203. The molecule has 6 heteroatoms. The maximum absolute atomic E-state index is 12.1. The van der Waals surface area contributed by atoms with Crippen molar-refractivity contribution in [1.29, 1.82) is 0 Å². The molecule has 18 heavy (non-hydrogen) atoms. The average Bonchev–Trinajstić information content (AvgIpc) is 2.39. The summed E-state index contributed by atoms with van der Waals surface area (Å²) in [7, 11) is -3.54. The molecule has 1 fully saturated rings. The molecule has 0 bridgehead atoms. The van der Waals surface area contributed by atoms with Gasteiger partial charge in [-0.15, -0.1) is 4.40 Å². The van der Waals surface area contributed by atoms with Crippen LogP contribution in [0.3, 0.4) is 0 Å². The van der Waals surface area contributed by atoms with E-state index in [1.165, 1.54) is 0 Å². The first-order chi connectivity index (χ1) is 8.67. The highest BCUT2D eigenvalue weighted by Crippen LogP contribution is 2.29. The average molecular weight is 265 g/mol. The normalized spacial score (nSPS) is 22.8. The van der Waals surface area contributed by atoms with E-state index in [9.17, 15) is 8.42 Å². The highest BCUT2D eigenvalue weighted by atomic mass is 32.2. The monoisotopic (exact) mass is 265 g/mol. The van der Waals surface area contributed by atoms with Gasteiger partial charge in [0.05, 0.1) is 5.69 Å². The zero-order valence-corrected chi connectivity index (χ0v) is 10.7. The molecule has 1 aromatic rings. The number of fused-ring (bicyclic) bond motifs is 1. The quantitative estimate of drug-likeness (QED) is 0.800. The van der Waals surface area contributed by atoms with Crippen LogP contribution in [0.2, 0.25) is 0 Å². The first-order valence-electron chi connectivity index (χ1n) is 6.08. The third-order valence-corrected chi connectivity index (χ3v) is 4.72. The summed E-state index contributed by atoms with van der Waals surface area (Å²) < 4.78 is 28.1. The summed E-state index contributed by atoms with van der Waals surface area (Å²) in [6.07, 6.45) is 1.84. The standard InChI is InChI=1S/C12H15N3O2S/c16-18(17)11-4-2-1-3-10(11)14-12(15-18)9-5-7-13-8-6-9/h1-4,9,13H,5-8H2,(H,14,15). The second-order valence-electron chi connectivity index (χ2n) is 4.60. The molecule has 2 heterocycles. The molecule has 0 aromatic heterocycles. The highest BCUT2D eigenvalue weighted by Gasteiger charge is 2.29. The molecule has 0 amide bonds. The van der Waals surface area contributed by atoms with Gasteiger partial charge in [0.2, 0.25) is 0 Å². The van der Waals surface area contributed by atoms with E-state index in [4.69, 9.17) is 0 Å². The van der Waals surface area contributed by atoms with Crippen LogP contribution >= 0.6 is 0 Å². The number of piperidine rings is 1. The lowest BCUT2D eigenvalue weighted by molar-refractivity contribution is 0.456. The Bertz CT molecular complexity index is 589. The Hall–Kier alpha value is -1.40. The molecule has 2 aliphatic rings. The van der Waals surface area contributed by atoms with Gasteiger partial charge >= 0.3 is 0 Å². The van der Waals surface area contributed by atoms with E-state index in [-0.39, 0.29) is 10.8 Å². The van der Waals surface area contributed by atoms with Crippen LogP contribution in [0.1, 0.15) is 12.8 Å². The molecule has 0 aliphatic carbocycles. The predicted molar refractivity (Wildman–Crippen MR) is 70.3 cm³/mol. The fraction of sp³-hybridized carbons (Fsp3) is 0.417. The van der Waals surface area contributed by atoms with Gasteiger partial charge in [0.15, 0.2) is 0 Å². The van der Waals surface area contributed by atoms with Crippen LogP contribution in [-0.2, 0) is 10.0 Å². The predicted octanol–water partition coefficient (Wildman–Crippen LogP) is 1.20.